The molecule has 0 aromatic heterocycles. The van der Waals surface area contributed by atoms with Crippen molar-refractivity contribution in [1.82, 2.24) is 0 Å². The number of carbonyl (C=O) groups excluding carboxylic acids is 2. The molecule has 0 saturated heterocycles. The summed E-state index contributed by atoms with van der Waals surface area (Å²) in [6, 6.07) is 0. The Labute approximate surface area is 110 Å². The van der Waals surface area contributed by atoms with Crippen LogP contribution in [-0.4, -0.2) is 18.4 Å². The van der Waals surface area contributed by atoms with Crippen molar-refractivity contribution in [1.29, 1.82) is 0 Å². The first-order valence-corrected chi connectivity index (χ1v) is 6.70. The van der Waals surface area contributed by atoms with E-state index in [-0.39, 0.29) is 23.8 Å². The molecule has 0 radical (unpaired) electrons. The monoisotopic (exact) mass is 252 g/mol. The maximum atomic E-state index is 12.2. The first-order valence-electron chi connectivity index (χ1n) is 6.70. The van der Waals surface area contributed by atoms with Crippen molar-refractivity contribution in [2.75, 3.05) is 6.61 Å². The van der Waals surface area contributed by atoms with Gasteiger partial charge in [0.25, 0.3) is 0 Å². The fourth-order valence-electron chi connectivity index (χ4n) is 2.21. The smallest absolute Gasteiger partial charge is 0.306 e. The van der Waals surface area contributed by atoms with Crippen LogP contribution in [0.4, 0.5) is 0 Å². The molecule has 0 unspecified atom stereocenters. The standard InChI is InChI=1S/C15H24O3/c1-5-6-8-13(17)18-11-12(16)15(4)10-7-9-14(15,2)3/h7,9H,5-6,8,10-11H2,1-4H3/t15-/m1/s1. The fraction of sp³-hybridized carbons (Fsp3) is 0.733. The van der Waals surface area contributed by atoms with Crippen LogP contribution in [0.25, 0.3) is 0 Å². The third kappa shape index (κ3) is 3.01. The summed E-state index contributed by atoms with van der Waals surface area (Å²) in [7, 11) is 0. The third-order valence-electron chi connectivity index (χ3n) is 4.20. The van der Waals surface area contributed by atoms with E-state index < -0.39 is 5.41 Å². The van der Waals surface area contributed by atoms with E-state index in [1.54, 1.807) is 0 Å². The van der Waals surface area contributed by atoms with Gasteiger partial charge in [-0.2, -0.15) is 0 Å². The fourth-order valence-corrected chi connectivity index (χ4v) is 2.21. The van der Waals surface area contributed by atoms with Crippen LogP contribution in [0.1, 0.15) is 53.4 Å². The van der Waals surface area contributed by atoms with Crippen LogP contribution in [0.15, 0.2) is 12.2 Å². The van der Waals surface area contributed by atoms with Gasteiger partial charge in [-0.15, -0.1) is 0 Å². The zero-order valence-corrected chi connectivity index (χ0v) is 11.9. The molecule has 0 aromatic carbocycles. The summed E-state index contributed by atoms with van der Waals surface area (Å²) in [6.07, 6.45) is 7.02. The van der Waals surface area contributed by atoms with Gasteiger partial charge in [0, 0.05) is 11.8 Å². The summed E-state index contributed by atoms with van der Waals surface area (Å²) in [6.45, 7) is 7.98. The van der Waals surface area contributed by atoms with Crippen LogP contribution >= 0.6 is 0 Å². The molecule has 1 aliphatic carbocycles. The number of esters is 1. The molecule has 0 bridgehead atoms. The molecule has 0 aliphatic heterocycles. The van der Waals surface area contributed by atoms with Gasteiger partial charge in [-0.25, -0.2) is 0 Å². The van der Waals surface area contributed by atoms with E-state index in [1.165, 1.54) is 0 Å². The Morgan fingerprint density at radius 1 is 1.28 bits per heavy atom. The average molecular weight is 252 g/mol. The van der Waals surface area contributed by atoms with Crippen molar-refractivity contribution < 1.29 is 14.3 Å². The Kier molecular flexibility index (Phi) is 4.71. The number of hydrogen-bond donors (Lipinski definition) is 0. The quantitative estimate of drug-likeness (QED) is 0.538. The normalized spacial score (nSPS) is 25.1. The maximum absolute atomic E-state index is 12.2. The third-order valence-corrected chi connectivity index (χ3v) is 4.20. The van der Waals surface area contributed by atoms with Crippen LogP contribution < -0.4 is 0 Å². The molecular weight excluding hydrogens is 228 g/mol. The molecule has 0 amide bonds. The highest BCUT2D eigenvalue weighted by atomic mass is 16.5. The molecule has 102 valence electrons. The molecule has 3 nitrogen and oxygen atoms in total. The number of rotatable bonds is 6. The molecule has 0 fully saturated rings. The number of ketones is 1. The minimum absolute atomic E-state index is 0.0161. The van der Waals surface area contributed by atoms with Crippen LogP contribution in [0.5, 0.6) is 0 Å². The molecule has 18 heavy (non-hydrogen) atoms. The number of hydrogen-bond acceptors (Lipinski definition) is 3. The molecule has 3 heteroatoms. The van der Waals surface area contributed by atoms with Gasteiger partial charge in [0.05, 0.1) is 0 Å². The molecular formula is C15H24O3. The van der Waals surface area contributed by atoms with Gasteiger partial charge in [-0.1, -0.05) is 46.3 Å². The molecule has 1 atom stereocenters. The van der Waals surface area contributed by atoms with Crippen molar-refractivity contribution in [2.24, 2.45) is 10.8 Å². The number of ether oxygens (including phenoxy) is 1. The van der Waals surface area contributed by atoms with Gasteiger partial charge < -0.3 is 4.74 Å². The Morgan fingerprint density at radius 2 is 1.94 bits per heavy atom. The SMILES string of the molecule is CCCCC(=O)OCC(=O)[C@@]1(C)CC=CC1(C)C. The lowest BCUT2D eigenvalue weighted by atomic mass is 9.66. The van der Waals surface area contributed by atoms with E-state index in [1.807, 2.05) is 33.8 Å². The lowest BCUT2D eigenvalue weighted by molar-refractivity contribution is -0.152. The number of carbonyl (C=O) groups is 2. The van der Waals surface area contributed by atoms with Crippen LogP contribution in [0.3, 0.4) is 0 Å². The molecule has 1 aliphatic rings. The largest absolute Gasteiger partial charge is 0.458 e. The summed E-state index contributed by atoms with van der Waals surface area (Å²) in [5, 5.41) is 0. The van der Waals surface area contributed by atoms with E-state index in [2.05, 4.69) is 6.08 Å². The summed E-state index contributed by atoms with van der Waals surface area (Å²) in [4.78, 5) is 23.6. The second-order valence-electron chi connectivity index (χ2n) is 5.85. The first kappa shape index (κ1) is 14.9. The topological polar surface area (TPSA) is 43.4 Å². The van der Waals surface area contributed by atoms with Crippen LogP contribution in [0.2, 0.25) is 0 Å². The van der Waals surface area contributed by atoms with E-state index in [0.29, 0.717) is 6.42 Å². The van der Waals surface area contributed by atoms with Gasteiger partial charge >= 0.3 is 5.97 Å². The number of unbranched alkanes of at least 4 members (excludes halogenated alkanes) is 1. The van der Waals surface area contributed by atoms with E-state index in [0.717, 1.165) is 19.3 Å². The number of Topliss-reactive ketones (excluding diaryl/α,β-unsaturated/α-hetero) is 1. The maximum Gasteiger partial charge on any atom is 0.306 e. The van der Waals surface area contributed by atoms with E-state index >= 15 is 0 Å². The Bertz CT molecular complexity index is 355. The Balaban J connectivity index is 2.49. The van der Waals surface area contributed by atoms with Crippen molar-refractivity contribution in [2.45, 2.75) is 53.4 Å². The van der Waals surface area contributed by atoms with Crippen LogP contribution in [0, 0.1) is 10.8 Å². The van der Waals surface area contributed by atoms with Gasteiger partial charge in [-0.3, -0.25) is 9.59 Å². The average Bonchev–Trinajstić information content (AvgIpc) is 2.59. The van der Waals surface area contributed by atoms with Crippen molar-refractivity contribution in [3.05, 3.63) is 12.2 Å². The van der Waals surface area contributed by atoms with Gasteiger partial charge in [0.2, 0.25) is 0 Å². The zero-order valence-electron chi connectivity index (χ0n) is 11.9. The highest BCUT2D eigenvalue weighted by molar-refractivity contribution is 5.89. The lowest BCUT2D eigenvalue weighted by Gasteiger charge is -2.36. The predicted octanol–water partition coefficient (Wildman–Crippen LogP) is 3.28. The lowest BCUT2D eigenvalue weighted by Crippen LogP contribution is -2.40. The minimum Gasteiger partial charge on any atom is -0.458 e. The van der Waals surface area contributed by atoms with E-state index in [9.17, 15) is 9.59 Å². The zero-order chi connectivity index (χ0) is 13.8. The molecule has 0 heterocycles. The van der Waals surface area contributed by atoms with E-state index in [4.69, 9.17) is 4.74 Å². The van der Waals surface area contributed by atoms with Crippen molar-refractivity contribution in [3.63, 3.8) is 0 Å². The summed E-state index contributed by atoms with van der Waals surface area (Å²) in [5.41, 5.74) is -0.613. The summed E-state index contributed by atoms with van der Waals surface area (Å²) < 4.78 is 5.06. The van der Waals surface area contributed by atoms with Crippen molar-refractivity contribution in [3.8, 4) is 0 Å². The second-order valence-corrected chi connectivity index (χ2v) is 5.85. The highest BCUT2D eigenvalue weighted by Gasteiger charge is 2.47. The second kappa shape index (κ2) is 5.68. The predicted molar refractivity (Wildman–Crippen MR) is 71.1 cm³/mol. The summed E-state index contributed by atoms with van der Waals surface area (Å²) in [5.74, 6) is -0.250. The Morgan fingerprint density at radius 3 is 2.44 bits per heavy atom. The Hall–Kier alpha value is -1.12. The molecule has 0 aromatic rings. The highest BCUT2D eigenvalue weighted by Crippen LogP contribution is 2.48. The number of allylic oxidation sites excluding steroid dienone is 2. The minimum atomic E-state index is -0.446. The molecule has 0 spiro atoms. The van der Waals surface area contributed by atoms with Crippen LogP contribution in [-0.2, 0) is 14.3 Å². The first-order chi connectivity index (χ1) is 8.33. The molecule has 0 saturated carbocycles. The summed E-state index contributed by atoms with van der Waals surface area (Å²) >= 11 is 0. The molecule has 1 rings (SSSR count). The molecule has 0 N–H and O–H groups in total. The van der Waals surface area contributed by atoms with Gasteiger partial charge in [0.15, 0.2) is 12.4 Å². The van der Waals surface area contributed by atoms with Gasteiger partial charge in [0.1, 0.15) is 0 Å². The van der Waals surface area contributed by atoms with Gasteiger partial charge in [-0.05, 0) is 18.3 Å². The van der Waals surface area contributed by atoms with Crippen molar-refractivity contribution >= 4 is 11.8 Å².